The van der Waals surface area contributed by atoms with Crippen molar-refractivity contribution in [1.82, 2.24) is 9.88 Å². The first-order valence-electron chi connectivity index (χ1n) is 7.35. The van der Waals surface area contributed by atoms with Gasteiger partial charge in [-0.2, -0.15) is 0 Å². The SMILES string of the molecule is O=C(c1ccc(OCc2ccccn2)cc1F)N1CCCC1. The molecule has 1 aromatic carbocycles. The van der Waals surface area contributed by atoms with Crippen LogP contribution in [0.3, 0.4) is 0 Å². The molecule has 1 saturated heterocycles. The van der Waals surface area contributed by atoms with Gasteiger partial charge in [-0.3, -0.25) is 9.78 Å². The molecule has 22 heavy (non-hydrogen) atoms. The maximum atomic E-state index is 14.1. The average Bonchev–Trinajstić information content (AvgIpc) is 3.08. The minimum absolute atomic E-state index is 0.104. The highest BCUT2D eigenvalue weighted by Crippen LogP contribution is 2.20. The van der Waals surface area contributed by atoms with Crippen LogP contribution in [0.4, 0.5) is 4.39 Å². The lowest BCUT2D eigenvalue weighted by Crippen LogP contribution is -2.28. The van der Waals surface area contributed by atoms with Crippen molar-refractivity contribution in [2.24, 2.45) is 0 Å². The van der Waals surface area contributed by atoms with E-state index in [1.165, 1.54) is 12.1 Å². The average molecular weight is 300 g/mol. The van der Waals surface area contributed by atoms with Crippen molar-refractivity contribution in [3.8, 4) is 5.75 Å². The molecule has 0 spiro atoms. The van der Waals surface area contributed by atoms with Crippen molar-refractivity contribution in [1.29, 1.82) is 0 Å². The van der Waals surface area contributed by atoms with Gasteiger partial charge in [-0.05, 0) is 37.1 Å². The van der Waals surface area contributed by atoms with Crippen LogP contribution in [-0.2, 0) is 6.61 Å². The summed E-state index contributed by atoms with van der Waals surface area (Å²) in [4.78, 5) is 18.0. The van der Waals surface area contributed by atoms with Crippen LogP contribution in [0.1, 0.15) is 28.9 Å². The predicted octanol–water partition coefficient (Wildman–Crippen LogP) is 3.04. The second-order valence-corrected chi connectivity index (χ2v) is 5.25. The van der Waals surface area contributed by atoms with Gasteiger partial charge < -0.3 is 9.64 Å². The van der Waals surface area contributed by atoms with Gasteiger partial charge in [-0.15, -0.1) is 0 Å². The molecule has 4 nitrogen and oxygen atoms in total. The van der Waals surface area contributed by atoms with E-state index in [0.717, 1.165) is 18.5 Å². The van der Waals surface area contributed by atoms with Crippen LogP contribution >= 0.6 is 0 Å². The highest BCUT2D eigenvalue weighted by molar-refractivity contribution is 5.94. The number of ether oxygens (including phenoxy) is 1. The van der Waals surface area contributed by atoms with E-state index in [9.17, 15) is 9.18 Å². The number of aromatic nitrogens is 1. The molecule has 0 radical (unpaired) electrons. The van der Waals surface area contributed by atoms with Crippen LogP contribution in [0.15, 0.2) is 42.6 Å². The molecule has 0 unspecified atom stereocenters. The lowest BCUT2D eigenvalue weighted by molar-refractivity contribution is 0.0788. The van der Waals surface area contributed by atoms with E-state index in [0.29, 0.717) is 18.8 Å². The third-order valence-electron chi connectivity index (χ3n) is 3.68. The highest BCUT2D eigenvalue weighted by Gasteiger charge is 2.22. The number of nitrogens with zero attached hydrogens (tertiary/aromatic N) is 2. The maximum Gasteiger partial charge on any atom is 0.256 e. The van der Waals surface area contributed by atoms with Crippen molar-refractivity contribution in [3.05, 3.63) is 59.7 Å². The van der Waals surface area contributed by atoms with Crippen LogP contribution in [0.25, 0.3) is 0 Å². The fraction of sp³-hybridized carbons (Fsp3) is 0.294. The lowest BCUT2D eigenvalue weighted by atomic mass is 10.2. The van der Waals surface area contributed by atoms with Gasteiger partial charge in [-0.1, -0.05) is 6.07 Å². The molecule has 1 aromatic heterocycles. The van der Waals surface area contributed by atoms with Gasteiger partial charge in [0.2, 0.25) is 0 Å². The summed E-state index contributed by atoms with van der Waals surface area (Å²) in [5, 5.41) is 0. The van der Waals surface area contributed by atoms with Crippen molar-refractivity contribution >= 4 is 5.91 Å². The summed E-state index contributed by atoms with van der Waals surface area (Å²) in [7, 11) is 0. The van der Waals surface area contributed by atoms with Crippen molar-refractivity contribution < 1.29 is 13.9 Å². The van der Waals surface area contributed by atoms with E-state index in [-0.39, 0.29) is 18.1 Å². The molecular weight excluding hydrogens is 283 g/mol. The van der Waals surface area contributed by atoms with E-state index in [4.69, 9.17) is 4.74 Å². The largest absolute Gasteiger partial charge is 0.487 e. The number of pyridine rings is 1. The second kappa shape index (κ2) is 6.56. The molecule has 3 rings (SSSR count). The third kappa shape index (κ3) is 3.24. The zero-order valence-electron chi connectivity index (χ0n) is 12.2. The van der Waals surface area contributed by atoms with E-state index < -0.39 is 5.82 Å². The van der Waals surface area contributed by atoms with Crippen molar-refractivity contribution in [2.45, 2.75) is 19.4 Å². The number of hydrogen-bond donors (Lipinski definition) is 0. The molecule has 0 bridgehead atoms. The Kier molecular flexibility index (Phi) is 4.32. The van der Waals surface area contributed by atoms with E-state index >= 15 is 0 Å². The quantitative estimate of drug-likeness (QED) is 0.871. The Morgan fingerprint density at radius 1 is 1.23 bits per heavy atom. The summed E-state index contributed by atoms with van der Waals surface area (Å²) in [6.45, 7) is 1.67. The molecule has 0 atom stereocenters. The molecule has 5 heteroatoms. The highest BCUT2D eigenvalue weighted by atomic mass is 19.1. The topological polar surface area (TPSA) is 42.4 Å². The number of halogens is 1. The number of rotatable bonds is 4. The third-order valence-corrected chi connectivity index (χ3v) is 3.68. The lowest BCUT2D eigenvalue weighted by Gasteiger charge is -2.16. The van der Waals surface area contributed by atoms with E-state index in [1.807, 2.05) is 18.2 Å². The molecule has 0 saturated carbocycles. The van der Waals surface area contributed by atoms with Crippen molar-refractivity contribution in [3.63, 3.8) is 0 Å². The Balaban J connectivity index is 1.68. The number of likely N-dealkylation sites (tertiary alicyclic amines) is 1. The normalized spacial score (nSPS) is 14.1. The van der Waals surface area contributed by atoms with Gasteiger partial charge in [0, 0.05) is 25.4 Å². The van der Waals surface area contributed by atoms with Crippen LogP contribution < -0.4 is 4.74 Å². The summed E-state index contributed by atoms with van der Waals surface area (Å²) >= 11 is 0. The Morgan fingerprint density at radius 2 is 2.05 bits per heavy atom. The van der Waals surface area contributed by atoms with Gasteiger partial charge in [-0.25, -0.2) is 4.39 Å². The van der Waals surface area contributed by atoms with Gasteiger partial charge >= 0.3 is 0 Å². The fourth-order valence-corrected chi connectivity index (χ4v) is 2.49. The molecule has 114 valence electrons. The molecule has 1 aliphatic heterocycles. The summed E-state index contributed by atoms with van der Waals surface area (Å²) < 4.78 is 19.6. The van der Waals surface area contributed by atoms with Crippen LogP contribution in [0.5, 0.6) is 5.75 Å². The van der Waals surface area contributed by atoms with Gasteiger partial charge in [0.05, 0.1) is 11.3 Å². The van der Waals surface area contributed by atoms with Crippen LogP contribution in [-0.4, -0.2) is 28.9 Å². The molecule has 0 N–H and O–H groups in total. The Hall–Kier alpha value is -2.43. The number of amides is 1. The smallest absolute Gasteiger partial charge is 0.256 e. The molecule has 0 aliphatic carbocycles. The first-order chi connectivity index (χ1) is 10.7. The summed E-state index contributed by atoms with van der Waals surface area (Å²) in [5.41, 5.74) is 0.868. The zero-order valence-corrected chi connectivity index (χ0v) is 12.2. The standard InChI is InChI=1S/C17H17FN2O2/c18-16-11-14(22-12-13-5-1-2-8-19-13)6-7-15(16)17(21)20-9-3-4-10-20/h1-2,5-8,11H,3-4,9-10,12H2. The monoisotopic (exact) mass is 300 g/mol. The molecule has 1 amide bonds. The second-order valence-electron chi connectivity index (χ2n) is 5.25. The van der Waals surface area contributed by atoms with Gasteiger partial charge in [0.1, 0.15) is 18.2 Å². The molecule has 2 aromatic rings. The predicted molar refractivity (Wildman–Crippen MR) is 80.1 cm³/mol. The summed E-state index contributed by atoms with van der Waals surface area (Å²) in [5.74, 6) is -0.400. The fourth-order valence-electron chi connectivity index (χ4n) is 2.49. The first-order valence-corrected chi connectivity index (χ1v) is 7.35. The maximum absolute atomic E-state index is 14.1. The molecule has 1 aliphatic rings. The minimum atomic E-state index is -0.546. The summed E-state index contributed by atoms with van der Waals surface area (Å²) in [6.07, 6.45) is 3.65. The number of benzene rings is 1. The zero-order chi connectivity index (χ0) is 15.4. The Labute approximate surface area is 128 Å². The van der Waals surface area contributed by atoms with Crippen LogP contribution in [0.2, 0.25) is 0 Å². The van der Waals surface area contributed by atoms with Crippen LogP contribution in [0, 0.1) is 5.82 Å². The number of carbonyl (C=O) groups excluding carboxylic acids is 1. The molecular formula is C17H17FN2O2. The van der Waals surface area contributed by atoms with E-state index in [1.54, 1.807) is 17.2 Å². The number of carbonyl (C=O) groups is 1. The van der Waals surface area contributed by atoms with E-state index in [2.05, 4.69) is 4.98 Å². The Bertz CT molecular complexity index is 655. The summed E-state index contributed by atoms with van der Waals surface area (Å²) in [6, 6.07) is 9.89. The first kappa shape index (κ1) is 14.5. The van der Waals surface area contributed by atoms with Crippen molar-refractivity contribution in [2.75, 3.05) is 13.1 Å². The minimum Gasteiger partial charge on any atom is -0.487 e. The number of hydrogen-bond acceptors (Lipinski definition) is 3. The molecule has 2 heterocycles. The Morgan fingerprint density at radius 3 is 2.73 bits per heavy atom. The molecule has 1 fully saturated rings. The van der Waals surface area contributed by atoms with Gasteiger partial charge in [0.15, 0.2) is 0 Å². The van der Waals surface area contributed by atoms with Gasteiger partial charge in [0.25, 0.3) is 5.91 Å².